The first-order chi connectivity index (χ1) is 10.1. The van der Waals surface area contributed by atoms with Gasteiger partial charge in [0.25, 0.3) is 0 Å². The Morgan fingerprint density at radius 3 is 2.55 bits per heavy atom. The summed E-state index contributed by atoms with van der Waals surface area (Å²) in [5, 5.41) is 9.23. The van der Waals surface area contributed by atoms with Crippen LogP contribution in [0, 0.1) is 30.6 Å². The van der Waals surface area contributed by atoms with Gasteiger partial charge in [-0.1, -0.05) is 0 Å². The molecule has 1 aromatic rings. The number of carbonyl (C=O) groups is 1. The number of thioether (sulfide) groups is 1. The van der Waals surface area contributed by atoms with Gasteiger partial charge in [0.15, 0.2) is 15.6 Å². The number of aromatic nitrogens is 2. The van der Waals surface area contributed by atoms with Crippen molar-refractivity contribution in [2.24, 2.45) is 5.41 Å². The molecule has 0 N–H and O–H groups in total. The Balaban J connectivity index is 2.27. The molecule has 0 spiro atoms. The number of sulfone groups is 1. The lowest BCUT2D eigenvalue weighted by Gasteiger charge is -2.11. The molecule has 0 amide bonds. The maximum atomic E-state index is 11.8. The SMILES string of the molecule is CC(=O)c1c(C)nc(C)nc1SC[C@]1(C#N)C[C@H]1S(C)(=O)=O. The average Bonchev–Trinajstić information content (AvgIpc) is 3.10. The third-order valence-corrected chi connectivity index (χ3v) is 6.61. The van der Waals surface area contributed by atoms with Gasteiger partial charge in [0.05, 0.1) is 28.0 Å². The number of nitrogens with zero attached hydrogens (tertiary/aromatic N) is 3. The predicted octanol–water partition coefficient (Wildman–Crippen LogP) is 1.72. The van der Waals surface area contributed by atoms with Crippen LogP contribution >= 0.6 is 11.8 Å². The van der Waals surface area contributed by atoms with E-state index < -0.39 is 20.5 Å². The van der Waals surface area contributed by atoms with Crippen molar-refractivity contribution in [3.63, 3.8) is 0 Å². The monoisotopic (exact) mass is 339 g/mol. The molecule has 2 rings (SSSR count). The molecule has 0 unspecified atom stereocenters. The van der Waals surface area contributed by atoms with Crippen molar-refractivity contribution in [3.8, 4) is 6.07 Å². The van der Waals surface area contributed by atoms with Crippen LogP contribution in [0.15, 0.2) is 5.03 Å². The summed E-state index contributed by atoms with van der Waals surface area (Å²) >= 11 is 1.26. The minimum atomic E-state index is -3.23. The molecule has 1 fully saturated rings. The second-order valence-corrected chi connectivity index (χ2v) is 8.86. The lowest BCUT2D eigenvalue weighted by Crippen LogP contribution is -2.16. The molecule has 0 saturated heterocycles. The summed E-state index contributed by atoms with van der Waals surface area (Å²) in [5.41, 5.74) is 0.170. The molecule has 0 bridgehead atoms. The van der Waals surface area contributed by atoms with Crippen molar-refractivity contribution >= 4 is 27.4 Å². The number of ketones is 1. The smallest absolute Gasteiger partial charge is 0.164 e. The molecule has 22 heavy (non-hydrogen) atoms. The predicted molar refractivity (Wildman–Crippen MR) is 83.5 cm³/mol. The van der Waals surface area contributed by atoms with Crippen LogP contribution in [0.5, 0.6) is 0 Å². The molecular weight excluding hydrogens is 322 g/mol. The standard InChI is InChI=1S/C14H17N3O3S2/c1-8-12(9(2)18)13(17-10(3)16-8)21-7-14(6-15)5-11(14)22(4,19)20/h11H,5,7H2,1-4H3/t11-,14-/m1/s1. The molecule has 1 heterocycles. The van der Waals surface area contributed by atoms with E-state index in [0.717, 1.165) is 6.26 Å². The summed E-state index contributed by atoms with van der Waals surface area (Å²) < 4.78 is 23.2. The van der Waals surface area contributed by atoms with Gasteiger partial charge in [-0.3, -0.25) is 4.79 Å². The van der Waals surface area contributed by atoms with Gasteiger partial charge in [-0.05, 0) is 27.2 Å². The third kappa shape index (κ3) is 3.15. The molecule has 0 aromatic carbocycles. The highest BCUT2D eigenvalue weighted by molar-refractivity contribution is 7.99. The number of aryl methyl sites for hydroxylation is 2. The van der Waals surface area contributed by atoms with E-state index in [-0.39, 0.29) is 5.78 Å². The zero-order chi connectivity index (χ0) is 16.7. The average molecular weight is 339 g/mol. The third-order valence-electron chi connectivity index (χ3n) is 3.73. The van der Waals surface area contributed by atoms with Crippen LogP contribution in [-0.4, -0.2) is 41.4 Å². The first-order valence-corrected chi connectivity index (χ1v) is 9.64. The fourth-order valence-corrected chi connectivity index (χ4v) is 5.59. The zero-order valence-electron chi connectivity index (χ0n) is 12.9. The highest BCUT2D eigenvalue weighted by Crippen LogP contribution is 2.52. The summed E-state index contributed by atoms with van der Waals surface area (Å²) in [6.07, 6.45) is 1.50. The number of hydrogen-bond acceptors (Lipinski definition) is 7. The van der Waals surface area contributed by atoms with Crippen LogP contribution < -0.4 is 0 Å². The Labute approximate surface area is 134 Å². The summed E-state index contributed by atoms with van der Waals surface area (Å²) in [7, 11) is -3.23. The molecule has 1 aromatic heterocycles. The first-order valence-electron chi connectivity index (χ1n) is 6.70. The Morgan fingerprint density at radius 1 is 1.45 bits per heavy atom. The second kappa shape index (κ2) is 5.63. The molecule has 2 atom stereocenters. The maximum Gasteiger partial charge on any atom is 0.164 e. The lowest BCUT2D eigenvalue weighted by atomic mass is 10.2. The summed E-state index contributed by atoms with van der Waals surface area (Å²) in [4.78, 5) is 20.2. The van der Waals surface area contributed by atoms with E-state index >= 15 is 0 Å². The molecule has 6 nitrogen and oxygen atoms in total. The van der Waals surface area contributed by atoms with E-state index in [2.05, 4.69) is 16.0 Å². The molecule has 1 aliphatic carbocycles. The summed E-state index contributed by atoms with van der Waals surface area (Å²) in [5.74, 6) is 0.713. The van der Waals surface area contributed by atoms with Crippen LogP contribution in [-0.2, 0) is 9.84 Å². The molecule has 118 valence electrons. The van der Waals surface area contributed by atoms with Crippen molar-refractivity contribution < 1.29 is 13.2 Å². The zero-order valence-corrected chi connectivity index (χ0v) is 14.5. The van der Waals surface area contributed by atoms with Gasteiger partial charge < -0.3 is 0 Å². The Bertz CT molecular complexity index is 783. The van der Waals surface area contributed by atoms with E-state index in [0.29, 0.717) is 34.3 Å². The van der Waals surface area contributed by atoms with Crippen LogP contribution in [0.4, 0.5) is 0 Å². The van der Waals surface area contributed by atoms with Crippen LogP contribution in [0.3, 0.4) is 0 Å². The molecular formula is C14H17N3O3S2. The quantitative estimate of drug-likeness (QED) is 0.457. The van der Waals surface area contributed by atoms with Crippen LogP contribution in [0.2, 0.25) is 0 Å². The Kier molecular flexibility index (Phi) is 4.33. The van der Waals surface area contributed by atoms with Crippen molar-refractivity contribution in [3.05, 3.63) is 17.1 Å². The minimum absolute atomic E-state index is 0.138. The first kappa shape index (κ1) is 16.9. The summed E-state index contributed by atoms with van der Waals surface area (Å²) in [6, 6.07) is 2.13. The summed E-state index contributed by atoms with van der Waals surface area (Å²) in [6.45, 7) is 4.92. The number of nitriles is 1. The highest BCUT2D eigenvalue weighted by atomic mass is 32.2. The van der Waals surface area contributed by atoms with Gasteiger partial charge >= 0.3 is 0 Å². The molecule has 1 aliphatic rings. The van der Waals surface area contributed by atoms with E-state index in [1.807, 2.05) is 0 Å². The lowest BCUT2D eigenvalue weighted by molar-refractivity contribution is 0.101. The van der Waals surface area contributed by atoms with Gasteiger partial charge in [-0.25, -0.2) is 18.4 Å². The molecule has 0 radical (unpaired) electrons. The number of hydrogen-bond donors (Lipinski definition) is 0. The normalized spacial score (nSPS) is 23.9. The fourth-order valence-electron chi connectivity index (χ4n) is 2.52. The molecule has 8 heteroatoms. The maximum absolute atomic E-state index is 11.8. The van der Waals surface area contributed by atoms with Crippen LogP contribution in [0.1, 0.15) is 35.2 Å². The Hall–Kier alpha value is -1.46. The van der Waals surface area contributed by atoms with Crippen molar-refractivity contribution in [1.29, 1.82) is 5.26 Å². The van der Waals surface area contributed by atoms with Crippen LogP contribution in [0.25, 0.3) is 0 Å². The molecule has 1 saturated carbocycles. The highest BCUT2D eigenvalue weighted by Gasteiger charge is 2.60. The largest absolute Gasteiger partial charge is 0.294 e. The Morgan fingerprint density at radius 2 is 2.09 bits per heavy atom. The van der Waals surface area contributed by atoms with Crippen molar-refractivity contribution in [1.82, 2.24) is 9.97 Å². The van der Waals surface area contributed by atoms with E-state index in [9.17, 15) is 18.5 Å². The fraction of sp³-hybridized carbons (Fsp3) is 0.571. The number of Topliss-reactive ketones (excluding diaryl/α,β-unsaturated/α-hetero) is 1. The van der Waals surface area contributed by atoms with Gasteiger partial charge in [0.2, 0.25) is 0 Å². The van der Waals surface area contributed by atoms with Crippen molar-refractivity contribution in [2.45, 2.75) is 37.5 Å². The van der Waals surface area contributed by atoms with E-state index in [1.54, 1.807) is 13.8 Å². The van der Waals surface area contributed by atoms with Gasteiger partial charge in [-0.2, -0.15) is 5.26 Å². The minimum Gasteiger partial charge on any atom is -0.294 e. The van der Waals surface area contributed by atoms with E-state index in [1.165, 1.54) is 18.7 Å². The van der Waals surface area contributed by atoms with Gasteiger partial charge in [0.1, 0.15) is 10.9 Å². The number of carbonyl (C=O) groups excluding carboxylic acids is 1. The van der Waals surface area contributed by atoms with Crippen molar-refractivity contribution in [2.75, 3.05) is 12.0 Å². The number of rotatable bonds is 5. The molecule has 0 aliphatic heterocycles. The second-order valence-electron chi connectivity index (χ2n) is 5.67. The van der Waals surface area contributed by atoms with Gasteiger partial charge in [0, 0.05) is 12.0 Å². The topological polar surface area (TPSA) is 101 Å². The van der Waals surface area contributed by atoms with E-state index in [4.69, 9.17) is 0 Å². The van der Waals surface area contributed by atoms with Gasteiger partial charge in [-0.15, -0.1) is 11.8 Å².